The van der Waals surface area contributed by atoms with Crippen molar-refractivity contribution in [1.29, 1.82) is 0 Å². The SMILES string of the molecule is C=C1C=C(c2cnc(C)nc2)Oc2c1cc(C)cc2C(C)Nc1ccccc1C(=O)O.CC. The number of anilines is 1. The van der Waals surface area contributed by atoms with Crippen molar-refractivity contribution in [3.05, 3.63) is 95.1 Å². The molecule has 4 rings (SSSR count). The summed E-state index contributed by atoms with van der Waals surface area (Å²) in [4.78, 5) is 20.1. The summed E-state index contributed by atoms with van der Waals surface area (Å²) in [5.41, 5.74) is 5.26. The van der Waals surface area contributed by atoms with Crippen molar-refractivity contribution in [1.82, 2.24) is 9.97 Å². The molecule has 0 aliphatic carbocycles. The Bertz CT molecular complexity index is 1210. The predicted octanol–water partition coefficient (Wildman–Crippen LogP) is 6.44. The minimum Gasteiger partial charge on any atom is -0.478 e. The van der Waals surface area contributed by atoms with E-state index in [9.17, 15) is 9.90 Å². The van der Waals surface area contributed by atoms with Crippen LogP contribution >= 0.6 is 0 Å². The van der Waals surface area contributed by atoms with Crippen LogP contribution in [0.3, 0.4) is 0 Å². The largest absolute Gasteiger partial charge is 0.478 e. The molecule has 0 bridgehead atoms. The van der Waals surface area contributed by atoms with Gasteiger partial charge in [0.2, 0.25) is 0 Å². The molecule has 2 aromatic carbocycles. The van der Waals surface area contributed by atoms with Crippen molar-refractivity contribution in [2.24, 2.45) is 0 Å². The van der Waals surface area contributed by atoms with Gasteiger partial charge in [-0.15, -0.1) is 0 Å². The quantitative estimate of drug-likeness (QED) is 0.472. The van der Waals surface area contributed by atoms with Crippen LogP contribution in [0.2, 0.25) is 0 Å². The van der Waals surface area contributed by atoms with Crippen LogP contribution in [0, 0.1) is 13.8 Å². The third-order valence-corrected chi connectivity index (χ3v) is 5.19. The number of aromatic nitrogens is 2. The van der Waals surface area contributed by atoms with E-state index < -0.39 is 5.97 Å². The second-order valence-electron chi connectivity index (χ2n) is 7.60. The van der Waals surface area contributed by atoms with E-state index in [-0.39, 0.29) is 11.6 Å². The number of rotatable bonds is 5. The van der Waals surface area contributed by atoms with Crippen LogP contribution in [0.25, 0.3) is 11.3 Å². The molecule has 0 saturated carbocycles. The number of carboxylic acids is 1. The fourth-order valence-corrected chi connectivity index (χ4v) is 3.62. The van der Waals surface area contributed by atoms with Gasteiger partial charge in [-0.2, -0.15) is 0 Å². The summed E-state index contributed by atoms with van der Waals surface area (Å²) < 4.78 is 6.31. The zero-order valence-electron chi connectivity index (χ0n) is 19.6. The lowest BCUT2D eigenvalue weighted by atomic mass is 9.93. The Kier molecular flexibility index (Phi) is 7.28. The van der Waals surface area contributed by atoms with Gasteiger partial charge >= 0.3 is 5.97 Å². The smallest absolute Gasteiger partial charge is 0.337 e. The molecule has 6 heteroatoms. The zero-order valence-corrected chi connectivity index (χ0v) is 19.6. The Morgan fingerprint density at radius 2 is 1.79 bits per heavy atom. The molecule has 0 spiro atoms. The number of ether oxygens (including phenoxy) is 1. The number of carbonyl (C=O) groups is 1. The summed E-state index contributed by atoms with van der Waals surface area (Å²) in [6.45, 7) is 14.0. The molecule has 2 N–H and O–H groups in total. The normalized spacial score (nSPS) is 13.0. The number of carboxylic acid groups (broad SMARTS) is 1. The number of nitrogens with one attached hydrogen (secondary N) is 1. The maximum absolute atomic E-state index is 11.6. The molecule has 0 amide bonds. The molecule has 0 radical (unpaired) electrons. The van der Waals surface area contributed by atoms with Crippen LogP contribution in [-0.2, 0) is 0 Å². The number of nitrogens with zero attached hydrogens (tertiary/aromatic N) is 2. The summed E-state index contributed by atoms with van der Waals surface area (Å²) >= 11 is 0. The molecule has 0 saturated heterocycles. The lowest BCUT2D eigenvalue weighted by Gasteiger charge is -2.26. The van der Waals surface area contributed by atoms with Gasteiger partial charge in [0.25, 0.3) is 0 Å². The highest BCUT2D eigenvalue weighted by atomic mass is 16.5. The lowest BCUT2D eigenvalue weighted by Crippen LogP contribution is -2.14. The molecule has 1 aliphatic rings. The molecular formula is C27H29N3O3. The number of benzene rings is 2. The van der Waals surface area contributed by atoms with E-state index in [1.165, 1.54) is 0 Å². The van der Waals surface area contributed by atoms with Crippen LogP contribution in [0.1, 0.15) is 65.2 Å². The van der Waals surface area contributed by atoms with Crippen LogP contribution < -0.4 is 10.1 Å². The summed E-state index contributed by atoms with van der Waals surface area (Å²) in [6, 6.07) is 10.7. The van der Waals surface area contributed by atoms with E-state index in [0.29, 0.717) is 23.0 Å². The van der Waals surface area contributed by atoms with Crippen molar-refractivity contribution >= 4 is 23.0 Å². The molecule has 33 heavy (non-hydrogen) atoms. The van der Waals surface area contributed by atoms with Crippen LogP contribution in [0.5, 0.6) is 5.75 Å². The van der Waals surface area contributed by atoms with E-state index in [0.717, 1.165) is 27.8 Å². The van der Waals surface area contributed by atoms with Gasteiger partial charge in [-0.25, -0.2) is 14.8 Å². The van der Waals surface area contributed by atoms with Crippen molar-refractivity contribution in [2.75, 3.05) is 5.32 Å². The van der Waals surface area contributed by atoms with Gasteiger partial charge in [0, 0.05) is 29.2 Å². The van der Waals surface area contributed by atoms with Gasteiger partial charge in [-0.1, -0.05) is 38.6 Å². The minimum atomic E-state index is -0.976. The Morgan fingerprint density at radius 1 is 1.12 bits per heavy atom. The van der Waals surface area contributed by atoms with Gasteiger partial charge in [0.05, 0.1) is 17.2 Å². The van der Waals surface area contributed by atoms with E-state index in [4.69, 9.17) is 4.74 Å². The monoisotopic (exact) mass is 443 g/mol. The third-order valence-electron chi connectivity index (χ3n) is 5.19. The second-order valence-corrected chi connectivity index (χ2v) is 7.60. The average molecular weight is 444 g/mol. The van der Waals surface area contributed by atoms with Gasteiger partial charge in [-0.05, 0) is 56.2 Å². The predicted molar refractivity (Wildman–Crippen MR) is 132 cm³/mol. The summed E-state index contributed by atoms with van der Waals surface area (Å²) in [5.74, 6) is 1.03. The standard InChI is InChI=1S/C25H23N3O3.C2H6/c1-14-9-20-15(2)11-23(18-12-26-17(4)27-13-18)31-24(20)21(10-14)16(3)28-22-8-6-5-7-19(22)25(29)30;1-2/h5-13,16,28H,2H2,1,3-4H3,(H,29,30);1-2H3. The first kappa shape index (κ1) is 23.7. The molecular weight excluding hydrogens is 414 g/mol. The first-order chi connectivity index (χ1) is 15.8. The molecule has 3 aromatic rings. The number of hydrogen-bond donors (Lipinski definition) is 2. The Morgan fingerprint density at radius 3 is 2.45 bits per heavy atom. The fourth-order valence-electron chi connectivity index (χ4n) is 3.62. The van der Waals surface area contributed by atoms with Gasteiger partial charge in [0.15, 0.2) is 0 Å². The fraction of sp³-hybridized carbons (Fsp3) is 0.222. The van der Waals surface area contributed by atoms with E-state index in [1.54, 1.807) is 30.6 Å². The molecule has 6 nitrogen and oxygen atoms in total. The number of hydrogen-bond acceptors (Lipinski definition) is 5. The minimum absolute atomic E-state index is 0.212. The first-order valence-electron chi connectivity index (χ1n) is 10.9. The number of para-hydroxylation sites is 1. The number of aromatic carboxylic acids is 1. The van der Waals surface area contributed by atoms with Crippen LogP contribution in [0.15, 0.2) is 61.4 Å². The van der Waals surface area contributed by atoms with E-state index in [2.05, 4.69) is 21.9 Å². The van der Waals surface area contributed by atoms with E-state index >= 15 is 0 Å². The van der Waals surface area contributed by atoms with Crippen molar-refractivity contribution in [3.63, 3.8) is 0 Å². The van der Waals surface area contributed by atoms with Crippen molar-refractivity contribution < 1.29 is 14.6 Å². The number of allylic oxidation sites excluding steroid dienone is 2. The Balaban J connectivity index is 0.00000149. The highest BCUT2D eigenvalue weighted by Crippen LogP contribution is 2.42. The third kappa shape index (κ3) is 5.12. The number of fused-ring (bicyclic) bond motifs is 1. The van der Waals surface area contributed by atoms with Crippen LogP contribution in [0.4, 0.5) is 5.69 Å². The zero-order chi connectivity index (χ0) is 24.1. The highest BCUT2D eigenvalue weighted by Gasteiger charge is 2.24. The summed E-state index contributed by atoms with van der Waals surface area (Å²) in [5, 5.41) is 12.8. The molecule has 1 unspecified atom stereocenters. The highest BCUT2D eigenvalue weighted by molar-refractivity contribution is 5.94. The topological polar surface area (TPSA) is 84.3 Å². The Labute approximate surface area is 194 Å². The summed E-state index contributed by atoms with van der Waals surface area (Å²) in [6.07, 6.45) is 5.34. The average Bonchev–Trinajstić information content (AvgIpc) is 2.81. The van der Waals surface area contributed by atoms with Crippen molar-refractivity contribution in [3.8, 4) is 5.75 Å². The molecule has 1 aliphatic heterocycles. The molecule has 1 atom stereocenters. The van der Waals surface area contributed by atoms with E-state index in [1.807, 2.05) is 58.9 Å². The van der Waals surface area contributed by atoms with Gasteiger partial charge in [-0.3, -0.25) is 0 Å². The number of aryl methyl sites for hydroxylation is 2. The van der Waals surface area contributed by atoms with Gasteiger partial charge < -0.3 is 15.2 Å². The molecule has 1 aromatic heterocycles. The molecule has 2 heterocycles. The second kappa shape index (κ2) is 10.1. The Hall–Kier alpha value is -3.93. The van der Waals surface area contributed by atoms with Gasteiger partial charge in [0.1, 0.15) is 17.3 Å². The molecule has 170 valence electrons. The first-order valence-corrected chi connectivity index (χ1v) is 10.9. The lowest BCUT2D eigenvalue weighted by molar-refractivity contribution is 0.0698. The maximum Gasteiger partial charge on any atom is 0.337 e. The maximum atomic E-state index is 11.6. The van der Waals surface area contributed by atoms with Crippen molar-refractivity contribution in [2.45, 2.75) is 40.7 Å². The van der Waals surface area contributed by atoms with Crippen LogP contribution in [-0.4, -0.2) is 21.0 Å². The molecule has 0 fully saturated rings. The summed E-state index contributed by atoms with van der Waals surface area (Å²) in [7, 11) is 0.